The van der Waals surface area contributed by atoms with Crippen LogP contribution in [0.15, 0.2) is 0 Å². The summed E-state index contributed by atoms with van der Waals surface area (Å²) >= 11 is 0. The highest BCUT2D eigenvalue weighted by Crippen LogP contribution is 2.65. The predicted octanol–water partition coefficient (Wildman–Crippen LogP) is 4.63. The highest BCUT2D eigenvalue weighted by Gasteiger charge is 2.60. The first-order valence-corrected chi connectivity index (χ1v) is 9.45. The Morgan fingerprint density at radius 1 is 0.955 bits per heavy atom. The molecule has 22 heavy (non-hydrogen) atoms. The SMILES string of the molecule is CC1(C)[C@@H]2CC[C@@]1(C)[C@@H](O)C2.CC1CCC(C(C)C)C(O)C1. The van der Waals surface area contributed by atoms with Crippen molar-refractivity contribution in [1.29, 1.82) is 0 Å². The average molecular weight is 311 g/mol. The lowest BCUT2D eigenvalue weighted by Gasteiger charge is -2.36. The van der Waals surface area contributed by atoms with E-state index in [9.17, 15) is 10.2 Å². The molecule has 3 saturated carbocycles. The second-order valence-corrected chi connectivity index (χ2v) is 9.52. The maximum Gasteiger partial charge on any atom is 0.0601 e. The van der Waals surface area contributed by atoms with Crippen LogP contribution >= 0.6 is 0 Å². The lowest BCUT2D eigenvalue weighted by Crippen LogP contribution is -2.35. The van der Waals surface area contributed by atoms with Crippen LogP contribution in [0.5, 0.6) is 0 Å². The topological polar surface area (TPSA) is 40.5 Å². The zero-order valence-electron chi connectivity index (χ0n) is 15.6. The summed E-state index contributed by atoms with van der Waals surface area (Å²) in [5.41, 5.74) is 0.601. The fourth-order valence-corrected chi connectivity index (χ4v) is 5.31. The molecule has 0 radical (unpaired) electrons. The number of hydrogen-bond donors (Lipinski definition) is 2. The Bertz CT molecular complexity index is 376. The molecule has 3 unspecified atom stereocenters. The molecule has 3 aliphatic rings. The number of fused-ring (bicyclic) bond motifs is 2. The average Bonchev–Trinajstić information content (AvgIpc) is 2.72. The third-order valence-electron chi connectivity index (χ3n) is 7.74. The smallest absolute Gasteiger partial charge is 0.0601 e. The van der Waals surface area contributed by atoms with Crippen molar-refractivity contribution < 1.29 is 10.2 Å². The molecule has 0 aromatic carbocycles. The van der Waals surface area contributed by atoms with E-state index < -0.39 is 0 Å². The first kappa shape index (κ1) is 18.3. The van der Waals surface area contributed by atoms with Gasteiger partial charge in [0.25, 0.3) is 0 Å². The molecule has 6 atom stereocenters. The quantitative estimate of drug-likeness (QED) is 0.741. The first-order valence-electron chi connectivity index (χ1n) is 9.45. The molecule has 0 spiro atoms. The van der Waals surface area contributed by atoms with E-state index in [2.05, 4.69) is 41.5 Å². The van der Waals surface area contributed by atoms with E-state index in [-0.39, 0.29) is 17.6 Å². The number of hydrogen-bond acceptors (Lipinski definition) is 2. The zero-order valence-corrected chi connectivity index (χ0v) is 15.6. The Morgan fingerprint density at radius 3 is 1.91 bits per heavy atom. The van der Waals surface area contributed by atoms with Gasteiger partial charge in [0.05, 0.1) is 12.2 Å². The highest BCUT2D eigenvalue weighted by atomic mass is 16.3. The third kappa shape index (κ3) is 3.11. The zero-order chi connectivity index (χ0) is 16.7. The van der Waals surface area contributed by atoms with Crippen molar-refractivity contribution >= 4 is 0 Å². The molecule has 2 N–H and O–H groups in total. The fourth-order valence-electron chi connectivity index (χ4n) is 5.31. The summed E-state index contributed by atoms with van der Waals surface area (Å²) in [6, 6.07) is 0. The lowest BCUT2D eigenvalue weighted by atomic mass is 9.70. The Kier molecular flexibility index (Phi) is 5.34. The molecule has 2 bridgehead atoms. The maximum absolute atomic E-state index is 9.81. The van der Waals surface area contributed by atoms with Crippen molar-refractivity contribution in [3.8, 4) is 0 Å². The van der Waals surface area contributed by atoms with Gasteiger partial charge in [-0.3, -0.25) is 0 Å². The lowest BCUT2D eigenvalue weighted by molar-refractivity contribution is 0.0126. The van der Waals surface area contributed by atoms with Gasteiger partial charge in [-0.2, -0.15) is 0 Å². The monoisotopic (exact) mass is 310 g/mol. The van der Waals surface area contributed by atoms with Crippen molar-refractivity contribution in [2.24, 2.45) is 34.5 Å². The first-order chi connectivity index (χ1) is 10.1. The van der Waals surface area contributed by atoms with Gasteiger partial charge in [0, 0.05) is 0 Å². The van der Waals surface area contributed by atoms with Gasteiger partial charge >= 0.3 is 0 Å². The minimum absolute atomic E-state index is 0.0289. The number of aliphatic hydroxyl groups is 2. The van der Waals surface area contributed by atoms with Crippen LogP contribution in [0.2, 0.25) is 0 Å². The standard InChI is InChI=1S/C10H18O.C10H20O/c1-9(2)7-4-5-10(9,3)8(11)6-7;1-7(2)9-5-4-8(3)6-10(9)11/h7-8,11H,4-6H2,1-3H3;7-11H,4-6H2,1-3H3/t7-,8+,10+;/m1./s1. The van der Waals surface area contributed by atoms with Gasteiger partial charge in [-0.1, -0.05) is 48.0 Å². The normalized spacial score (nSPS) is 46.5. The molecule has 0 heterocycles. The molecule has 3 fully saturated rings. The van der Waals surface area contributed by atoms with Crippen molar-refractivity contribution in [1.82, 2.24) is 0 Å². The van der Waals surface area contributed by atoms with Gasteiger partial charge in [0.15, 0.2) is 0 Å². The Balaban J connectivity index is 0.000000160. The van der Waals surface area contributed by atoms with E-state index in [0.717, 1.165) is 24.7 Å². The fraction of sp³-hybridized carbons (Fsp3) is 1.00. The van der Waals surface area contributed by atoms with Crippen molar-refractivity contribution in [3.63, 3.8) is 0 Å². The van der Waals surface area contributed by atoms with Crippen molar-refractivity contribution in [3.05, 3.63) is 0 Å². The van der Waals surface area contributed by atoms with Crippen LogP contribution in [0.25, 0.3) is 0 Å². The van der Waals surface area contributed by atoms with E-state index in [1.54, 1.807) is 0 Å². The minimum atomic E-state index is -0.0313. The van der Waals surface area contributed by atoms with Gasteiger partial charge in [-0.25, -0.2) is 0 Å². The van der Waals surface area contributed by atoms with Crippen LogP contribution in [0, 0.1) is 34.5 Å². The molecular weight excluding hydrogens is 272 g/mol. The van der Waals surface area contributed by atoms with Crippen LogP contribution < -0.4 is 0 Å². The summed E-state index contributed by atoms with van der Waals surface area (Å²) < 4.78 is 0. The van der Waals surface area contributed by atoms with Gasteiger partial charge in [-0.15, -0.1) is 0 Å². The predicted molar refractivity (Wildman–Crippen MR) is 92.6 cm³/mol. The van der Waals surface area contributed by atoms with Gasteiger partial charge in [0.2, 0.25) is 0 Å². The van der Waals surface area contributed by atoms with Crippen LogP contribution in [-0.2, 0) is 0 Å². The van der Waals surface area contributed by atoms with E-state index in [4.69, 9.17) is 0 Å². The molecule has 2 heteroatoms. The van der Waals surface area contributed by atoms with Crippen LogP contribution in [0.3, 0.4) is 0 Å². The maximum atomic E-state index is 9.81. The number of rotatable bonds is 1. The molecule has 3 rings (SSSR count). The Morgan fingerprint density at radius 2 is 1.59 bits per heavy atom. The molecular formula is C20H38O2. The molecule has 0 aliphatic heterocycles. The minimum Gasteiger partial charge on any atom is -0.393 e. The number of aliphatic hydroxyl groups excluding tert-OH is 2. The van der Waals surface area contributed by atoms with Gasteiger partial charge < -0.3 is 10.2 Å². The van der Waals surface area contributed by atoms with Crippen LogP contribution in [0.1, 0.15) is 80.1 Å². The molecule has 3 aliphatic carbocycles. The summed E-state index contributed by atoms with van der Waals surface area (Å²) in [5, 5.41) is 19.5. The van der Waals surface area contributed by atoms with Crippen molar-refractivity contribution in [2.75, 3.05) is 0 Å². The Labute approximate surface area is 137 Å². The Hall–Kier alpha value is -0.0800. The van der Waals surface area contributed by atoms with Crippen LogP contribution in [-0.4, -0.2) is 22.4 Å². The van der Waals surface area contributed by atoms with E-state index in [1.807, 2.05) is 0 Å². The largest absolute Gasteiger partial charge is 0.393 e. The van der Waals surface area contributed by atoms with E-state index in [1.165, 1.54) is 25.7 Å². The second kappa shape index (κ2) is 6.43. The summed E-state index contributed by atoms with van der Waals surface area (Å²) in [6.45, 7) is 13.6. The van der Waals surface area contributed by atoms with Gasteiger partial charge in [-0.05, 0) is 66.6 Å². The summed E-state index contributed by atoms with van der Waals surface area (Å²) in [7, 11) is 0. The summed E-state index contributed by atoms with van der Waals surface area (Å²) in [5.74, 6) is 2.73. The molecule has 0 amide bonds. The molecule has 2 nitrogen and oxygen atoms in total. The molecule has 0 aromatic rings. The van der Waals surface area contributed by atoms with Gasteiger partial charge in [0.1, 0.15) is 0 Å². The molecule has 130 valence electrons. The molecule has 0 aromatic heterocycles. The summed E-state index contributed by atoms with van der Waals surface area (Å²) in [4.78, 5) is 0. The second-order valence-electron chi connectivity index (χ2n) is 9.52. The van der Waals surface area contributed by atoms with Crippen molar-refractivity contribution in [2.45, 2.75) is 92.3 Å². The third-order valence-corrected chi connectivity index (χ3v) is 7.74. The highest BCUT2D eigenvalue weighted by molar-refractivity contribution is 5.10. The van der Waals surface area contributed by atoms with E-state index in [0.29, 0.717) is 17.3 Å². The summed E-state index contributed by atoms with van der Waals surface area (Å²) in [6.07, 6.45) is 7.09. The molecule has 0 saturated heterocycles. The van der Waals surface area contributed by atoms with Crippen LogP contribution in [0.4, 0.5) is 0 Å². The van der Waals surface area contributed by atoms with E-state index >= 15 is 0 Å².